The number of esters is 2. The number of rotatable bonds is 16. The molecule has 0 saturated carbocycles. The van der Waals surface area contributed by atoms with E-state index in [2.05, 4.69) is 48.9 Å². The molecule has 0 amide bonds. The van der Waals surface area contributed by atoms with Crippen LogP contribution in [-0.4, -0.2) is 48.9 Å². The van der Waals surface area contributed by atoms with Crippen LogP contribution in [0.1, 0.15) is 89.2 Å². The molecule has 0 saturated heterocycles. The first-order valence-electron chi connectivity index (χ1n) is 14.4. The van der Waals surface area contributed by atoms with Gasteiger partial charge in [0.2, 0.25) is 0 Å². The quantitative estimate of drug-likeness (QED) is 0.0468. The zero-order valence-electron chi connectivity index (χ0n) is 25.6. The second kappa shape index (κ2) is 33.1. The van der Waals surface area contributed by atoms with Gasteiger partial charge in [0, 0.05) is 24.0 Å². The molecule has 244 valence electrons. The maximum atomic E-state index is 11.2. The lowest BCUT2D eigenvalue weighted by atomic mass is 10.0. The number of carbonyl (C=O) groups excluding carboxylic acids is 2. The number of halogens is 2. The predicted molar refractivity (Wildman–Crippen MR) is 197 cm³/mol. The fraction of sp³-hybridized carbons (Fsp3) is 0.472. The van der Waals surface area contributed by atoms with E-state index in [1.807, 2.05) is 60.7 Å². The highest BCUT2D eigenvalue weighted by molar-refractivity contribution is 14.1. The molecule has 1 unspecified atom stereocenters. The van der Waals surface area contributed by atoms with E-state index < -0.39 is 6.04 Å². The van der Waals surface area contributed by atoms with Gasteiger partial charge in [-0.1, -0.05) is 123 Å². The van der Waals surface area contributed by atoms with Crippen LogP contribution in [0, 0.1) is 24.7 Å². The Morgan fingerprint density at radius 3 is 1.66 bits per heavy atom. The molecule has 0 aliphatic carbocycles. The van der Waals surface area contributed by atoms with Gasteiger partial charge in [-0.25, -0.2) is 0 Å². The Balaban J connectivity index is -0.000000599. The van der Waals surface area contributed by atoms with E-state index in [-0.39, 0.29) is 38.3 Å². The van der Waals surface area contributed by atoms with Crippen LogP contribution in [0.5, 0.6) is 0 Å². The molecule has 0 aromatic heterocycles. The van der Waals surface area contributed by atoms with Gasteiger partial charge in [0.05, 0.1) is 19.9 Å². The lowest BCUT2D eigenvalue weighted by Gasteiger charge is -2.07. The van der Waals surface area contributed by atoms with Crippen molar-refractivity contribution >= 4 is 52.6 Å². The van der Waals surface area contributed by atoms with Gasteiger partial charge in [0.25, 0.3) is 0 Å². The van der Waals surface area contributed by atoms with Gasteiger partial charge in [-0.3, -0.25) is 14.6 Å². The van der Waals surface area contributed by atoms with Gasteiger partial charge in [-0.15, -0.1) is 37.1 Å². The van der Waals surface area contributed by atoms with E-state index in [1.165, 1.54) is 44.3 Å². The molecule has 8 heteroatoms. The molecule has 0 bridgehead atoms. The van der Waals surface area contributed by atoms with Gasteiger partial charge < -0.3 is 15.2 Å². The summed E-state index contributed by atoms with van der Waals surface area (Å²) in [5, 5.41) is 0. The second-order valence-corrected chi connectivity index (χ2v) is 10.4. The summed E-state index contributed by atoms with van der Waals surface area (Å²) in [5.41, 5.74) is 8.33. The van der Waals surface area contributed by atoms with Crippen LogP contribution in [0.15, 0.2) is 65.7 Å². The number of hydrogen-bond acceptors (Lipinski definition) is 6. The molecule has 0 fully saturated rings. The van der Waals surface area contributed by atoms with Crippen LogP contribution in [0.2, 0.25) is 0 Å². The molecular weight excluding hydrogens is 687 g/mol. The largest absolute Gasteiger partial charge is 0.468 e. The number of ether oxygens (including phenoxy) is 2. The summed E-state index contributed by atoms with van der Waals surface area (Å²) in [6.45, 7) is 0.0234. The fourth-order valence-electron chi connectivity index (χ4n) is 3.64. The molecule has 2 aromatic rings. The summed E-state index contributed by atoms with van der Waals surface area (Å²) in [4.78, 5) is 26.5. The van der Waals surface area contributed by atoms with Crippen molar-refractivity contribution in [3.63, 3.8) is 0 Å². The van der Waals surface area contributed by atoms with Crippen molar-refractivity contribution < 1.29 is 19.1 Å². The third-order valence-electron chi connectivity index (χ3n) is 5.98. The zero-order valence-corrected chi connectivity index (χ0v) is 28.6. The minimum atomic E-state index is -0.465. The normalized spacial score (nSPS) is 9.77. The average Bonchev–Trinajstić information content (AvgIpc) is 3.03. The molecule has 0 radical (unpaired) electrons. The van der Waals surface area contributed by atoms with Crippen LogP contribution in [0.3, 0.4) is 0 Å². The number of aliphatic imine (C=N–C) groups is 1. The smallest absolute Gasteiger partial charge is 0.327 e. The SMILES string of the molecule is C.C#CCCCCCCC(N)C(=O)OC.C#CCCCCCCI.COC(=O)CN=C(c1ccccc1)c1ccccc1.Cl. The summed E-state index contributed by atoms with van der Waals surface area (Å²) < 4.78 is 10.4. The van der Waals surface area contributed by atoms with Gasteiger partial charge in [-0.2, -0.15) is 0 Å². The van der Waals surface area contributed by atoms with Gasteiger partial charge >= 0.3 is 11.9 Å². The molecule has 6 nitrogen and oxygen atoms in total. The van der Waals surface area contributed by atoms with Crippen LogP contribution in [-0.2, 0) is 19.1 Å². The van der Waals surface area contributed by atoms with Crippen molar-refractivity contribution in [2.45, 2.75) is 84.1 Å². The molecule has 2 N–H and O–H groups in total. The standard InChI is InChI=1S/C16H15NO2.C11H19NO2.C8H13I.CH4.ClH/c1-19-15(18)12-17-16(13-8-4-2-5-9-13)14-10-6-3-7-11-14;1-3-4-5-6-7-8-9-10(12)11(13)14-2;1-2-3-4-5-6-7-8-9;;/h2-11H,12H2,1H3;1,10H,4-9,12H2,2H3;1H,3-8H2;1H4;1H. The Morgan fingerprint density at radius 2 is 1.25 bits per heavy atom. The molecule has 0 aliphatic heterocycles. The Bertz CT molecular complexity index is 1040. The maximum absolute atomic E-state index is 11.2. The summed E-state index contributed by atoms with van der Waals surface area (Å²) in [6.07, 6.45) is 22.1. The van der Waals surface area contributed by atoms with Crippen molar-refractivity contribution in [3.05, 3.63) is 71.8 Å². The average molecular weight is 739 g/mol. The molecule has 1 atom stereocenters. The zero-order chi connectivity index (χ0) is 31.3. The van der Waals surface area contributed by atoms with Crippen molar-refractivity contribution in [3.8, 4) is 24.7 Å². The molecule has 0 spiro atoms. The van der Waals surface area contributed by atoms with Gasteiger partial charge in [0.1, 0.15) is 12.6 Å². The van der Waals surface area contributed by atoms with Crippen molar-refractivity contribution in [1.29, 1.82) is 0 Å². The van der Waals surface area contributed by atoms with E-state index in [0.717, 1.165) is 55.4 Å². The number of nitrogens with zero attached hydrogens (tertiary/aromatic N) is 1. The number of terminal acetylenes is 2. The van der Waals surface area contributed by atoms with E-state index in [9.17, 15) is 9.59 Å². The first-order valence-corrected chi connectivity index (χ1v) is 16.0. The van der Waals surface area contributed by atoms with Gasteiger partial charge in [-0.05, 0) is 30.1 Å². The molecule has 0 aliphatic rings. The predicted octanol–water partition coefficient (Wildman–Crippen LogP) is 8.22. The van der Waals surface area contributed by atoms with Crippen LogP contribution in [0.25, 0.3) is 0 Å². The molecule has 0 heterocycles. The number of carbonyl (C=O) groups is 2. The highest BCUT2D eigenvalue weighted by Crippen LogP contribution is 2.11. The number of alkyl halides is 1. The Hall–Kier alpha value is -2.85. The minimum absolute atomic E-state index is 0. The van der Waals surface area contributed by atoms with Crippen LogP contribution < -0.4 is 5.73 Å². The first-order chi connectivity index (χ1) is 20.4. The number of unbranched alkanes of at least 4 members (excludes halogenated alkanes) is 8. The van der Waals surface area contributed by atoms with E-state index in [0.29, 0.717) is 6.42 Å². The third-order valence-corrected chi connectivity index (χ3v) is 6.75. The summed E-state index contributed by atoms with van der Waals surface area (Å²) in [6, 6.07) is 19.1. The second-order valence-electron chi connectivity index (χ2n) is 9.32. The van der Waals surface area contributed by atoms with Crippen LogP contribution >= 0.6 is 35.0 Å². The molecule has 2 aromatic carbocycles. The molecular formula is C36H52ClIN2O4. The monoisotopic (exact) mass is 738 g/mol. The topological polar surface area (TPSA) is 91.0 Å². The summed E-state index contributed by atoms with van der Waals surface area (Å²) >= 11 is 2.41. The lowest BCUT2D eigenvalue weighted by Crippen LogP contribution is -2.31. The number of nitrogens with two attached hydrogens (primary N) is 1. The highest BCUT2D eigenvalue weighted by atomic mass is 127. The maximum Gasteiger partial charge on any atom is 0.327 e. The Morgan fingerprint density at radius 1 is 0.795 bits per heavy atom. The molecule has 44 heavy (non-hydrogen) atoms. The lowest BCUT2D eigenvalue weighted by molar-refractivity contribution is -0.142. The van der Waals surface area contributed by atoms with E-state index in [4.69, 9.17) is 18.6 Å². The van der Waals surface area contributed by atoms with Crippen LogP contribution in [0.4, 0.5) is 0 Å². The van der Waals surface area contributed by atoms with Crippen molar-refractivity contribution in [1.82, 2.24) is 0 Å². The van der Waals surface area contributed by atoms with Crippen molar-refractivity contribution in [2.24, 2.45) is 10.7 Å². The minimum Gasteiger partial charge on any atom is -0.468 e. The molecule has 2 rings (SSSR count). The van der Waals surface area contributed by atoms with E-state index >= 15 is 0 Å². The number of benzene rings is 2. The Kier molecular flexibility index (Phi) is 34.2. The van der Waals surface area contributed by atoms with Crippen molar-refractivity contribution in [2.75, 3.05) is 25.2 Å². The fourth-order valence-corrected chi connectivity index (χ4v) is 4.18. The third kappa shape index (κ3) is 24.6. The highest BCUT2D eigenvalue weighted by Gasteiger charge is 2.12. The summed E-state index contributed by atoms with van der Waals surface area (Å²) in [7, 11) is 2.72. The van der Waals surface area contributed by atoms with Gasteiger partial charge in [0.15, 0.2) is 0 Å². The number of hydrogen-bond donors (Lipinski definition) is 1. The van der Waals surface area contributed by atoms with E-state index in [1.54, 1.807) is 0 Å². The number of methoxy groups -OCH3 is 2. The Labute approximate surface area is 286 Å². The first kappa shape index (κ1) is 45.6. The summed E-state index contributed by atoms with van der Waals surface area (Å²) in [5.74, 6) is 4.57.